The number of aryl methyl sites for hydroxylation is 1. The van der Waals surface area contributed by atoms with Gasteiger partial charge in [-0.05, 0) is 30.7 Å². The Kier molecular flexibility index (Phi) is 3.90. The maximum Gasteiger partial charge on any atom is 0.144 e. The standard InChI is InChI=1S/C15H19N3O/c1-11-6-12(9-17-8-11)10-19-15-7-13(18(2)3)4-5-14(15)16/h4-9H,10,16H2,1-3H3. The summed E-state index contributed by atoms with van der Waals surface area (Å²) in [5, 5.41) is 0. The lowest BCUT2D eigenvalue weighted by Crippen LogP contribution is -2.09. The fraction of sp³-hybridized carbons (Fsp3) is 0.267. The van der Waals surface area contributed by atoms with Gasteiger partial charge in [0.05, 0.1) is 5.69 Å². The third kappa shape index (κ3) is 3.37. The van der Waals surface area contributed by atoms with Crippen LogP contribution in [0, 0.1) is 6.92 Å². The van der Waals surface area contributed by atoms with Crippen molar-refractivity contribution in [3.05, 3.63) is 47.8 Å². The maximum absolute atomic E-state index is 5.92. The summed E-state index contributed by atoms with van der Waals surface area (Å²) < 4.78 is 5.78. The molecule has 4 nitrogen and oxygen atoms in total. The van der Waals surface area contributed by atoms with Gasteiger partial charge in [0.25, 0.3) is 0 Å². The average molecular weight is 257 g/mol. The van der Waals surface area contributed by atoms with E-state index < -0.39 is 0 Å². The quantitative estimate of drug-likeness (QED) is 0.855. The highest BCUT2D eigenvalue weighted by atomic mass is 16.5. The van der Waals surface area contributed by atoms with Crippen molar-refractivity contribution in [3.8, 4) is 5.75 Å². The molecule has 0 aliphatic carbocycles. The molecule has 0 fully saturated rings. The van der Waals surface area contributed by atoms with Crippen LogP contribution < -0.4 is 15.4 Å². The molecule has 4 heteroatoms. The third-order valence-electron chi connectivity index (χ3n) is 2.84. The minimum Gasteiger partial charge on any atom is -0.487 e. The molecule has 2 rings (SSSR count). The first-order chi connectivity index (χ1) is 9.06. The van der Waals surface area contributed by atoms with E-state index in [2.05, 4.69) is 11.1 Å². The van der Waals surface area contributed by atoms with Gasteiger partial charge in [0, 0.05) is 43.8 Å². The number of benzene rings is 1. The molecule has 0 amide bonds. The lowest BCUT2D eigenvalue weighted by atomic mass is 10.2. The van der Waals surface area contributed by atoms with E-state index in [0.29, 0.717) is 18.0 Å². The molecule has 0 saturated heterocycles. The molecular weight excluding hydrogens is 238 g/mol. The fourth-order valence-electron chi connectivity index (χ4n) is 1.78. The summed E-state index contributed by atoms with van der Waals surface area (Å²) in [5.74, 6) is 0.702. The number of nitrogens with zero attached hydrogens (tertiary/aromatic N) is 2. The molecule has 0 unspecified atom stereocenters. The number of hydrogen-bond acceptors (Lipinski definition) is 4. The smallest absolute Gasteiger partial charge is 0.144 e. The zero-order valence-electron chi connectivity index (χ0n) is 11.6. The molecule has 0 saturated carbocycles. The van der Waals surface area contributed by atoms with Crippen molar-refractivity contribution in [3.63, 3.8) is 0 Å². The maximum atomic E-state index is 5.92. The average Bonchev–Trinajstić information content (AvgIpc) is 2.37. The Labute approximate surface area is 113 Å². The monoisotopic (exact) mass is 257 g/mol. The Morgan fingerprint density at radius 3 is 2.68 bits per heavy atom. The summed E-state index contributed by atoms with van der Waals surface area (Å²) in [7, 11) is 3.97. The van der Waals surface area contributed by atoms with Crippen LogP contribution in [-0.2, 0) is 6.61 Å². The summed E-state index contributed by atoms with van der Waals surface area (Å²) in [6, 6.07) is 7.83. The van der Waals surface area contributed by atoms with E-state index in [0.717, 1.165) is 16.8 Å². The molecule has 2 aromatic rings. The Hall–Kier alpha value is -2.23. The van der Waals surface area contributed by atoms with Crippen LogP contribution in [0.5, 0.6) is 5.75 Å². The molecule has 0 aliphatic rings. The highest BCUT2D eigenvalue weighted by Gasteiger charge is 2.04. The molecule has 1 heterocycles. The lowest BCUT2D eigenvalue weighted by molar-refractivity contribution is 0.307. The molecule has 0 spiro atoms. The van der Waals surface area contributed by atoms with Crippen molar-refractivity contribution in [2.45, 2.75) is 13.5 Å². The van der Waals surface area contributed by atoms with Gasteiger partial charge in [-0.3, -0.25) is 4.98 Å². The number of nitrogen functional groups attached to an aromatic ring is 1. The van der Waals surface area contributed by atoms with Gasteiger partial charge >= 0.3 is 0 Å². The molecule has 1 aromatic carbocycles. The van der Waals surface area contributed by atoms with Gasteiger partial charge < -0.3 is 15.4 Å². The molecule has 100 valence electrons. The van der Waals surface area contributed by atoms with Crippen LogP contribution in [0.25, 0.3) is 0 Å². The van der Waals surface area contributed by atoms with Crippen molar-refractivity contribution in [1.29, 1.82) is 0 Å². The Bertz CT molecular complexity index is 567. The molecule has 19 heavy (non-hydrogen) atoms. The first-order valence-corrected chi connectivity index (χ1v) is 6.16. The fourth-order valence-corrected chi connectivity index (χ4v) is 1.78. The van der Waals surface area contributed by atoms with E-state index >= 15 is 0 Å². The van der Waals surface area contributed by atoms with E-state index in [4.69, 9.17) is 10.5 Å². The number of rotatable bonds is 4. The van der Waals surface area contributed by atoms with Crippen LogP contribution in [0.4, 0.5) is 11.4 Å². The van der Waals surface area contributed by atoms with Crippen molar-refractivity contribution in [2.24, 2.45) is 0 Å². The molecule has 0 aliphatic heterocycles. The number of anilines is 2. The van der Waals surface area contributed by atoms with E-state index in [1.165, 1.54) is 0 Å². The highest BCUT2D eigenvalue weighted by molar-refractivity contribution is 5.61. The van der Waals surface area contributed by atoms with E-state index in [9.17, 15) is 0 Å². The summed E-state index contributed by atoms with van der Waals surface area (Å²) in [6.45, 7) is 2.48. The van der Waals surface area contributed by atoms with Crippen molar-refractivity contribution in [1.82, 2.24) is 4.98 Å². The number of aromatic nitrogens is 1. The van der Waals surface area contributed by atoms with Gasteiger partial charge in [0.1, 0.15) is 12.4 Å². The lowest BCUT2D eigenvalue weighted by Gasteiger charge is -2.15. The van der Waals surface area contributed by atoms with Gasteiger partial charge in [-0.1, -0.05) is 0 Å². The third-order valence-corrected chi connectivity index (χ3v) is 2.84. The van der Waals surface area contributed by atoms with Crippen LogP contribution >= 0.6 is 0 Å². The normalized spacial score (nSPS) is 10.3. The van der Waals surface area contributed by atoms with Gasteiger partial charge in [-0.25, -0.2) is 0 Å². The second kappa shape index (κ2) is 5.61. The zero-order valence-corrected chi connectivity index (χ0v) is 11.6. The Morgan fingerprint density at radius 2 is 2.00 bits per heavy atom. The first-order valence-electron chi connectivity index (χ1n) is 6.16. The predicted octanol–water partition coefficient (Wildman–Crippen LogP) is 2.62. The van der Waals surface area contributed by atoms with Gasteiger partial charge in [-0.15, -0.1) is 0 Å². The SMILES string of the molecule is Cc1cncc(COc2cc(N(C)C)ccc2N)c1. The van der Waals surface area contributed by atoms with Crippen molar-refractivity contribution < 1.29 is 4.74 Å². The Balaban J connectivity index is 2.12. The summed E-state index contributed by atoms with van der Waals surface area (Å²) in [5.41, 5.74) is 9.79. The van der Waals surface area contributed by atoms with Crippen molar-refractivity contribution >= 4 is 11.4 Å². The van der Waals surface area contributed by atoms with Gasteiger partial charge in [-0.2, -0.15) is 0 Å². The predicted molar refractivity (Wildman–Crippen MR) is 78.5 cm³/mol. The largest absolute Gasteiger partial charge is 0.487 e. The van der Waals surface area contributed by atoms with Crippen LogP contribution in [0.3, 0.4) is 0 Å². The molecule has 0 bridgehead atoms. The zero-order chi connectivity index (χ0) is 13.8. The molecule has 1 aromatic heterocycles. The van der Waals surface area contributed by atoms with Gasteiger partial charge in [0.2, 0.25) is 0 Å². The highest BCUT2D eigenvalue weighted by Crippen LogP contribution is 2.27. The number of pyridine rings is 1. The second-order valence-electron chi connectivity index (χ2n) is 4.78. The summed E-state index contributed by atoms with van der Waals surface area (Å²) in [6.07, 6.45) is 3.63. The van der Waals surface area contributed by atoms with E-state index in [-0.39, 0.29) is 0 Å². The topological polar surface area (TPSA) is 51.4 Å². The van der Waals surface area contributed by atoms with Crippen LogP contribution in [0.15, 0.2) is 36.7 Å². The van der Waals surface area contributed by atoms with Crippen LogP contribution in [0.1, 0.15) is 11.1 Å². The number of hydrogen-bond donors (Lipinski definition) is 1. The Morgan fingerprint density at radius 1 is 1.21 bits per heavy atom. The van der Waals surface area contributed by atoms with Crippen LogP contribution in [0.2, 0.25) is 0 Å². The van der Waals surface area contributed by atoms with Crippen molar-refractivity contribution in [2.75, 3.05) is 24.7 Å². The minimum absolute atomic E-state index is 0.468. The van der Waals surface area contributed by atoms with Gasteiger partial charge in [0.15, 0.2) is 0 Å². The second-order valence-corrected chi connectivity index (χ2v) is 4.78. The summed E-state index contributed by atoms with van der Waals surface area (Å²) in [4.78, 5) is 6.16. The molecular formula is C15H19N3O. The van der Waals surface area contributed by atoms with E-state index in [1.54, 1.807) is 6.20 Å². The van der Waals surface area contributed by atoms with Crippen LogP contribution in [-0.4, -0.2) is 19.1 Å². The molecule has 2 N–H and O–H groups in total. The van der Waals surface area contributed by atoms with E-state index in [1.807, 2.05) is 50.3 Å². The minimum atomic E-state index is 0.468. The number of nitrogens with two attached hydrogens (primary N) is 1. The first kappa shape index (κ1) is 13.2. The molecule has 0 radical (unpaired) electrons. The number of ether oxygens (including phenoxy) is 1. The summed E-state index contributed by atoms with van der Waals surface area (Å²) >= 11 is 0. The molecule has 0 atom stereocenters.